The van der Waals surface area contributed by atoms with Crippen LogP contribution in [0, 0.1) is 4.77 Å². The number of imidazole rings is 1. The highest BCUT2D eigenvalue weighted by atomic mass is 35.5. The molecule has 0 bridgehead atoms. The fourth-order valence-corrected chi connectivity index (χ4v) is 2.35. The summed E-state index contributed by atoms with van der Waals surface area (Å²) in [7, 11) is 1.69. The number of H-pyrrole nitrogens is 1. The number of halogens is 1. The normalized spacial score (nSPS) is 13.1. The SMILES string of the molecule is COCCC(C)n1c(=S)[nH]c2cc(Cl)cnc21. The number of methoxy groups -OCH3 is 1. The highest BCUT2D eigenvalue weighted by molar-refractivity contribution is 7.71. The van der Waals surface area contributed by atoms with E-state index in [2.05, 4.69) is 16.9 Å². The van der Waals surface area contributed by atoms with Crippen LogP contribution >= 0.6 is 23.8 Å². The molecule has 0 aliphatic carbocycles. The summed E-state index contributed by atoms with van der Waals surface area (Å²) in [6.45, 7) is 2.79. The summed E-state index contributed by atoms with van der Waals surface area (Å²) < 4.78 is 7.75. The zero-order chi connectivity index (χ0) is 12.4. The highest BCUT2D eigenvalue weighted by Gasteiger charge is 2.12. The second kappa shape index (κ2) is 5.16. The number of nitrogens with one attached hydrogen (secondary N) is 1. The monoisotopic (exact) mass is 271 g/mol. The number of aromatic amines is 1. The molecule has 17 heavy (non-hydrogen) atoms. The van der Waals surface area contributed by atoms with Crippen LogP contribution in [0.4, 0.5) is 0 Å². The maximum atomic E-state index is 5.90. The number of hydrogen-bond donors (Lipinski definition) is 1. The van der Waals surface area contributed by atoms with Gasteiger partial charge in [0.25, 0.3) is 0 Å². The molecule has 0 aliphatic rings. The lowest BCUT2D eigenvalue weighted by molar-refractivity contribution is 0.181. The summed E-state index contributed by atoms with van der Waals surface area (Å²) in [5.41, 5.74) is 1.70. The van der Waals surface area contributed by atoms with Gasteiger partial charge in [0, 0.05) is 26.0 Å². The molecule has 0 saturated heterocycles. The Balaban J connectivity index is 2.46. The molecule has 1 atom stereocenters. The van der Waals surface area contributed by atoms with Gasteiger partial charge in [0.1, 0.15) is 0 Å². The first-order chi connectivity index (χ1) is 8.13. The van der Waals surface area contributed by atoms with Crippen LogP contribution in [0.5, 0.6) is 0 Å². The molecule has 2 aromatic rings. The number of nitrogens with zero attached hydrogens (tertiary/aromatic N) is 2. The minimum absolute atomic E-state index is 0.241. The van der Waals surface area contributed by atoms with Gasteiger partial charge in [-0.15, -0.1) is 0 Å². The van der Waals surface area contributed by atoms with Crippen molar-refractivity contribution in [3.05, 3.63) is 22.1 Å². The number of ether oxygens (including phenoxy) is 1. The molecule has 2 aromatic heterocycles. The van der Waals surface area contributed by atoms with Crippen LogP contribution in [0.15, 0.2) is 12.3 Å². The number of hydrogen-bond acceptors (Lipinski definition) is 3. The van der Waals surface area contributed by atoms with E-state index in [4.69, 9.17) is 28.6 Å². The zero-order valence-corrected chi connectivity index (χ0v) is 11.3. The van der Waals surface area contributed by atoms with Gasteiger partial charge in [-0.3, -0.25) is 4.57 Å². The Morgan fingerprint density at radius 3 is 3.12 bits per heavy atom. The van der Waals surface area contributed by atoms with Crippen molar-refractivity contribution in [1.29, 1.82) is 0 Å². The van der Waals surface area contributed by atoms with E-state index in [0.29, 0.717) is 16.4 Å². The first-order valence-electron chi connectivity index (χ1n) is 5.38. The van der Waals surface area contributed by atoms with E-state index in [1.807, 2.05) is 10.6 Å². The van der Waals surface area contributed by atoms with E-state index in [1.54, 1.807) is 13.3 Å². The van der Waals surface area contributed by atoms with Crippen LogP contribution < -0.4 is 0 Å². The summed E-state index contributed by atoms with van der Waals surface area (Å²) in [5.74, 6) is 0. The zero-order valence-electron chi connectivity index (χ0n) is 9.74. The van der Waals surface area contributed by atoms with Gasteiger partial charge in [-0.25, -0.2) is 4.98 Å². The number of rotatable bonds is 4. The third kappa shape index (κ3) is 2.51. The number of aromatic nitrogens is 3. The average molecular weight is 272 g/mol. The second-order valence-corrected chi connectivity index (χ2v) is 4.78. The topological polar surface area (TPSA) is 42.8 Å². The van der Waals surface area contributed by atoms with E-state index >= 15 is 0 Å². The van der Waals surface area contributed by atoms with Gasteiger partial charge in [-0.2, -0.15) is 0 Å². The van der Waals surface area contributed by atoms with Gasteiger partial charge in [0.15, 0.2) is 10.4 Å². The first-order valence-corrected chi connectivity index (χ1v) is 6.17. The Morgan fingerprint density at radius 1 is 1.65 bits per heavy atom. The summed E-state index contributed by atoms with van der Waals surface area (Å²) in [5, 5.41) is 0.602. The molecular weight excluding hydrogens is 258 g/mol. The van der Waals surface area contributed by atoms with Gasteiger partial charge in [-0.1, -0.05) is 11.6 Å². The molecule has 0 aromatic carbocycles. The lowest BCUT2D eigenvalue weighted by atomic mass is 10.2. The molecule has 2 heterocycles. The molecule has 1 unspecified atom stereocenters. The van der Waals surface area contributed by atoms with E-state index in [0.717, 1.165) is 17.6 Å². The predicted octanol–water partition coefficient (Wildman–Crippen LogP) is 3.34. The van der Waals surface area contributed by atoms with Crippen molar-refractivity contribution < 1.29 is 4.74 Å². The van der Waals surface area contributed by atoms with Crippen LogP contribution in [0.3, 0.4) is 0 Å². The molecule has 0 aliphatic heterocycles. The average Bonchev–Trinajstić information content (AvgIpc) is 2.61. The smallest absolute Gasteiger partial charge is 0.179 e. The van der Waals surface area contributed by atoms with Crippen molar-refractivity contribution in [1.82, 2.24) is 14.5 Å². The van der Waals surface area contributed by atoms with Crippen LogP contribution in [-0.2, 0) is 4.74 Å². The van der Waals surface area contributed by atoms with Crippen molar-refractivity contribution in [2.24, 2.45) is 0 Å². The van der Waals surface area contributed by atoms with Crippen molar-refractivity contribution in [2.45, 2.75) is 19.4 Å². The molecule has 2 rings (SSSR count). The fraction of sp³-hybridized carbons (Fsp3) is 0.455. The molecule has 92 valence electrons. The van der Waals surface area contributed by atoms with E-state index in [-0.39, 0.29) is 6.04 Å². The molecule has 0 radical (unpaired) electrons. The largest absolute Gasteiger partial charge is 0.385 e. The molecule has 0 amide bonds. The van der Waals surface area contributed by atoms with Crippen LogP contribution in [-0.4, -0.2) is 28.3 Å². The van der Waals surface area contributed by atoms with E-state index in [9.17, 15) is 0 Å². The lowest BCUT2D eigenvalue weighted by Gasteiger charge is -2.13. The maximum Gasteiger partial charge on any atom is 0.179 e. The highest BCUT2D eigenvalue weighted by Crippen LogP contribution is 2.21. The van der Waals surface area contributed by atoms with Crippen molar-refractivity contribution >= 4 is 35.0 Å². The first kappa shape index (κ1) is 12.5. The van der Waals surface area contributed by atoms with Crippen LogP contribution in [0.2, 0.25) is 5.02 Å². The Labute approximate surface area is 110 Å². The maximum absolute atomic E-state index is 5.90. The minimum Gasteiger partial charge on any atom is -0.385 e. The number of fused-ring (bicyclic) bond motifs is 1. The van der Waals surface area contributed by atoms with Gasteiger partial charge in [0.2, 0.25) is 0 Å². The quantitative estimate of drug-likeness (QED) is 0.868. The second-order valence-electron chi connectivity index (χ2n) is 3.96. The Hall–Kier alpha value is -0.910. The molecule has 0 saturated carbocycles. The Kier molecular flexibility index (Phi) is 3.81. The number of pyridine rings is 1. The predicted molar refractivity (Wildman–Crippen MR) is 71.1 cm³/mol. The van der Waals surface area contributed by atoms with Crippen molar-refractivity contribution in [3.63, 3.8) is 0 Å². The summed E-state index contributed by atoms with van der Waals surface area (Å²) in [6, 6.07) is 2.07. The molecule has 0 spiro atoms. The van der Waals surface area contributed by atoms with Crippen LogP contribution in [0.1, 0.15) is 19.4 Å². The van der Waals surface area contributed by atoms with Crippen molar-refractivity contribution in [2.75, 3.05) is 13.7 Å². The van der Waals surface area contributed by atoms with E-state index < -0.39 is 0 Å². The van der Waals surface area contributed by atoms with Gasteiger partial charge >= 0.3 is 0 Å². The Morgan fingerprint density at radius 2 is 2.41 bits per heavy atom. The third-order valence-corrected chi connectivity index (χ3v) is 3.21. The summed E-state index contributed by atoms with van der Waals surface area (Å²) in [4.78, 5) is 7.44. The molecule has 0 fully saturated rings. The standard InChI is InChI=1S/C11H14ClN3OS/c1-7(3-4-16-2)15-10-9(14-11(15)17)5-8(12)6-13-10/h5-7H,3-4H2,1-2H3,(H,14,17). The minimum atomic E-state index is 0.241. The van der Waals surface area contributed by atoms with Crippen LogP contribution in [0.25, 0.3) is 11.2 Å². The Bertz CT molecular complexity index is 578. The fourth-order valence-electron chi connectivity index (χ4n) is 1.81. The van der Waals surface area contributed by atoms with Gasteiger partial charge in [0.05, 0.1) is 10.5 Å². The molecule has 4 nitrogen and oxygen atoms in total. The molecule has 6 heteroatoms. The van der Waals surface area contributed by atoms with E-state index in [1.165, 1.54) is 0 Å². The van der Waals surface area contributed by atoms with Gasteiger partial charge in [-0.05, 0) is 31.6 Å². The van der Waals surface area contributed by atoms with Gasteiger partial charge < -0.3 is 9.72 Å². The van der Waals surface area contributed by atoms with Crippen molar-refractivity contribution in [3.8, 4) is 0 Å². The lowest BCUT2D eigenvalue weighted by Crippen LogP contribution is -2.08. The molecule has 1 N–H and O–H groups in total. The summed E-state index contributed by atoms with van der Waals surface area (Å²) in [6.07, 6.45) is 2.52. The molecular formula is C11H14ClN3OS. The summed E-state index contributed by atoms with van der Waals surface area (Å²) >= 11 is 11.2. The third-order valence-electron chi connectivity index (χ3n) is 2.70.